The number of hydrogen-bond acceptors (Lipinski definition) is 2. The van der Waals surface area contributed by atoms with Gasteiger partial charge in [0.2, 0.25) is 0 Å². The van der Waals surface area contributed by atoms with Gasteiger partial charge in [-0.1, -0.05) is 18.2 Å². The zero-order chi connectivity index (χ0) is 12.4. The van der Waals surface area contributed by atoms with E-state index in [1.165, 1.54) is 10.8 Å². The predicted octanol–water partition coefficient (Wildman–Crippen LogP) is 3.61. The van der Waals surface area contributed by atoms with Crippen LogP contribution in [0.5, 0.6) is 5.75 Å². The number of para-hydroxylation sites is 1. The molecule has 3 aromatic rings. The summed E-state index contributed by atoms with van der Waals surface area (Å²) in [5, 5.41) is 10.9. The Morgan fingerprint density at radius 3 is 2.78 bits per heavy atom. The van der Waals surface area contributed by atoms with Crippen molar-refractivity contribution in [3.05, 3.63) is 42.5 Å². The molecule has 0 fully saturated rings. The van der Waals surface area contributed by atoms with Gasteiger partial charge in [0.25, 0.3) is 0 Å². The van der Waals surface area contributed by atoms with E-state index in [2.05, 4.69) is 29.3 Å². The predicted molar refractivity (Wildman–Crippen MR) is 71.5 cm³/mol. The minimum atomic E-state index is 0.407. The van der Waals surface area contributed by atoms with Gasteiger partial charge in [-0.05, 0) is 18.2 Å². The molecule has 0 saturated carbocycles. The largest absolute Gasteiger partial charge is 0.492 e. The summed E-state index contributed by atoms with van der Waals surface area (Å²) in [6.45, 7) is 0.433. The van der Waals surface area contributed by atoms with Crippen LogP contribution in [0.2, 0.25) is 0 Å². The van der Waals surface area contributed by atoms with Crippen LogP contribution in [-0.4, -0.2) is 11.6 Å². The van der Waals surface area contributed by atoms with Gasteiger partial charge in [-0.2, -0.15) is 5.26 Å². The van der Waals surface area contributed by atoms with E-state index in [1.54, 1.807) is 0 Å². The summed E-state index contributed by atoms with van der Waals surface area (Å²) in [5.41, 5.74) is 2.19. The summed E-state index contributed by atoms with van der Waals surface area (Å²) >= 11 is 0. The van der Waals surface area contributed by atoms with Gasteiger partial charge in [0.1, 0.15) is 12.4 Å². The summed E-state index contributed by atoms with van der Waals surface area (Å²) in [7, 11) is 0. The van der Waals surface area contributed by atoms with Crippen molar-refractivity contribution in [2.45, 2.75) is 6.42 Å². The average molecular weight is 236 g/mol. The van der Waals surface area contributed by atoms with Crippen LogP contribution in [0.15, 0.2) is 42.5 Å². The number of nitrogens with zero attached hydrogens (tertiary/aromatic N) is 1. The van der Waals surface area contributed by atoms with Gasteiger partial charge in [0.15, 0.2) is 0 Å². The van der Waals surface area contributed by atoms with Crippen molar-refractivity contribution in [3.8, 4) is 11.8 Å². The number of H-pyrrole nitrogens is 1. The van der Waals surface area contributed by atoms with E-state index >= 15 is 0 Å². The average Bonchev–Trinajstić information content (AvgIpc) is 2.76. The molecule has 18 heavy (non-hydrogen) atoms. The van der Waals surface area contributed by atoms with E-state index in [-0.39, 0.29) is 0 Å². The first-order valence-electron chi connectivity index (χ1n) is 5.89. The Hall–Kier alpha value is -2.47. The molecule has 88 valence electrons. The highest BCUT2D eigenvalue weighted by Gasteiger charge is 2.04. The van der Waals surface area contributed by atoms with E-state index in [9.17, 15) is 0 Å². The molecule has 0 amide bonds. The molecule has 2 aromatic carbocycles. The van der Waals surface area contributed by atoms with Crippen molar-refractivity contribution < 1.29 is 4.74 Å². The van der Waals surface area contributed by atoms with Crippen LogP contribution in [0, 0.1) is 11.3 Å². The highest BCUT2D eigenvalue weighted by atomic mass is 16.5. The van der Waals surface area contributed by atoms with Crippen LogP contribution in [0.3, 0.4) is 0 Å². The molecule has 1 aromatic heterocycles. The lowest BCUT2D eigenvalue weighted by Gasteiger charge is -2.03. The standard InChI is InChI=1S/C15H12N2O/c16-8-3-9-18-11-6-7-13-12-4-1-2-5-14(12)17-15(13)10-11/h1-2,4-7,10,17H,3,9H2. The first-order valence-corrected chi connectivity index (χ1v) is 5.89. The van der Waals surface area contributed by atoms with Gasteiger partial charge < -0.3 is 9.72 Å². The van der Waals surface area contributed by atoms with Gasteiger partial charge in [0.05, 0.1) is 18.0 Å². The number of aromatic amines is 1. The van der Waals surface area contributed by atoms with Crippen LogP contribution in [0.25, 0.3) is 21.8 Å². The summed E-state index contributed by atoms with van der Waals surface area (Å²) in [6.07, 6.45) is 0.407. The Balaban J connectivity index is 2.02. The monoisotopic (exact) mass is 236 g/mol. The van der Waals surface area contributed by atoms with Crippen molar-refractivity contribution in [1.82, 2.24) is 4.98 Å². The Bertz CT molecular complexity index is 737. The van der Waals surface area contributed by atoms with Crippen LogP contribution in [-0.2, 0) is 0 Å². The summed E-state index contributed by atoms with van der Waals surface area (Å²) in [4.78, 5) is 3.36. The van der Waals surface area contributed by atoms with Crippen LogP contribution in [0.1, 0.15) is 6.42 Å². The van der Waals surface area contributed by atoms with Crippen molar-refractivity contribution in [3.63, 3.8) is 0 Å². The maximum absolute atomic E-state index is 8.48. The number of nitriles is 1. The van der Waals surface area contributed by atoms with Gasteiger partial charge in [-0.15, -0.1) is 0 Å². The minimum Gasteiger partial charge on any atom is -0.492 e. The molecule has 0 aliphatic heterocycles. The number of rotatable bonds is 3. The van der Waals surface area contributed by atoms with Gasteiger partial charge in [-0.3, -0.25) is 0 Å². The number of aromatic nitrogens is 1. The summed E-state index contributed by atoms with van der Waals surface area (Å²) in [5.74, 6) is 0.796. The molecular formula is C15H12N2O. The quantitative estimate of drug-likeness (QED) is 0.706. The fraction of sp³-hybridized carbons (Fsp3) is 0.133. The second-order valence-corrected chi connectivity index (χ2v) is 4.13. The van der Waals surface area contributed by atoms with Gasteiger partial charge in [-0.25, -0.2) is 0 Å². The topological polar surface area (TPSA) is 48.8 Å². The van der Waals surface area contributed by atoms with Crippen molar-refractivity contribution >= 4 is 21.8 Å². The third-order valence-corrected chi connectivity index (χ3v) is 2.96. The molecule has 1 N–H and O–H groups in total. The number of fused-ring (bicyclic) bond motifs is 3. The van der Waals surface area contributed by atoms with Crippen molar-refractivity contribution in [1.29, 1.82) is 5.26 Å². The lowest BCUT2D eigenvalue weighted by atomic mass is 10.1. The Morgan fingerprint density at radius 1 is 1.06 bits per heavy atom. The zero-order valence-corrected chi connectivity index (χ0v) is 9.81. The molecule has 0 saturated heterocycles. The van der Waals surface area contributed by atoms with Crippen molar-refractivity contribution in [2.24, 2.45) is 0 Å². The molecule has 0 atom stereocenters. The van der Waals surface area contributed by atoms with Crippen molar-refractivity contribution in [2.75, 3.05) is 6.61 Å². The normalized spacial score (nSPS) is 10.6. The SMILES string of the molecule is N#CCCOc1ccc2c(c1)[nH]c1ccccc12. The smallest absolute Gasteiger partial charge is 0.121 e. The molecule has 3 heteroatoms. The number of hydrogen-bond donors (Lipinski definition) is 1. The third kappa shape index (κ3) is 1.78. The fourth-order valence-electron chi connectivity index (χ4n) is 2.14. The summed E-state index contributed by atoms with van der Waals surface area (Å²) in [6, 6.07) is 16.3. The molecule has 0 spiro atoms. The van der Waals surface area contributed by atoms with Crippen LogP contribution < -0.4 is 4.74 Å². The Labute approximate surface area is 105 Å². The third-order valence-electron chi connectivity index (χ3n) is 2.96. The van der Waals surface area contributed by atoms with Gasteiger partial charge in [0, 0.05) is 22.4 Å². The van der Waals surface area contributed by atoms with Crippen LogP contribution in [0.4, 0.5) is 0 Å². The molecule has 0 unspecified atom stereocenters. The Kier molecular flexibility index (Phi) is 2.62. The molecule has 3 nitrogen and oxygen atoms in total. The second-order valence-electron chi connectivity index (χ2n) is 4.13. The second kappa shape index (κ2) is 4.42. The van der Waals surface area contributed by atoms with E-state index in [4.69, 9.17) is 10.00 Å². The lowest BCUT2D eigenvalue weighted by Crippen LogP contribution is -1.95. The van der Waals surface area contributed by atoms with Crippen LogP contribution >= 0.6 is 0 Å². The maximum Gasteiger partial charge on any atom is 0.121 e. The fourth-order valence-corrected chi connectivity index (χ4v) is 2.14. The lowest BCUT2D eigenvalue weighted by molar-refractivity contribution is 0.327. The number of nitrogens with one attached hydrogen (secondary N) is 1. The summed E-state index contributed by atoms with van der Waals surface area (Å²) < 4.78 is 5.51. The minimum absolute atomic E-state index is 0.407. The first-order chi connectivity index (χ1) is 8.88. The molecular weight excluding hydrogens is 224 g/mol. The number of ether oxygens (including phenoxy) is 1. The van der Waals surface area contributed by atoms with E-state index in [0.29, 0.717) is 13.0 Å². The van der Waals surface area contributed by atoms with E-state index in [1.807, 2.05) is 24.3 Å². The van der Waals surface area contributed by atoms with E-state index < -0.39 is 0 Å². The molecule has 3 rings (SSSR count). The first kappa shape index (κ1) is 10.7. The van der Waals surface area contributed by atoms with E-state index in [0.717, 1.165) is 16.8 Å². The molecule has 1 heterocycles. The number of benzene rings is 2. The zero-order valence-electron chi connectivity index (χ0n) is 9.81. The molecule has 0 aliphatic carbocycles. The Morgan fingerprint density at radius 2 is 1.89 bits per heavy atom. The van der Waals surface area contributed by atoms with Gasteiger partial charge >= 0.3 is 0 Å². The maximum atomic E-state index is 8.48. The molecule has 0 bridgehead atoms. The molecule has 0 aliphatic rings. The highest BCUT2D eigenvalue weighted by Crippen LogP contribution is 2.28. The molecule has 0 radical (unpaired) electrons. The highest BCUT2D eigenvalue weighted by molar-refractivity contribution is 6.07.